The molecule has 3 rings (SSSR count). The van der Waals surface area contributed by atoms with Crippen LogP contribution in [0.1, 0.15) is 24.5 Å². The molecule has 2 aliphatic heterocycles. The smallest absolute Gasteiger partial charge is 0.373 e. The van der Waals surface area contributed by atoms with Crippen LogP contribution in [-0.2, 0) is 4.74 Å². The second-order valence-corrected chi connectivity index (χ2v) is 6.49. The zero-order valence-electron chi connectivity index (χ0n) is 13.1. The van der Waals surface area contributed by atoms with Gasteiger partial charge in [0.1, 0.15) is 0 Å². The lowest BCUT2D eigenvalue weighted by molar-refractivity contribution is -0.143. The normalized spacial score (nSPS) is 29.3. The largest absolute Gasteiger partial charge is 0.401 e. The van der Waals surface area contributed by atoms with Crippen molar-refractivity contribution in [2.75, 3.05) is 32.8 Å². The highest BCUT2D eigenvalue weighted by atomic mass is 19.4. The Morgan fingerprint density at radius 3 is 2.70 bits per heavy atom. The molecule has 2 saturated heterocycles. The van der Waals surface area contributed by atoms with Gasteiger partial charge in [-0.25, -0.2) is 0 Å². The molecule has 128 valence electrons. The number of ether oxygens (including phenoxy) is 1. The predicted molar refractivity (Wildman–Crippen MR) is 82.1 cm³/mol. The minimum absolute atomic E-state index is 0.0939. The average Bonchev–Trinajstić information content (AvgIpc) is 3.13. The Labute approximate surface area is 134 Å². The van der Waals surface area contributed by atoms with Crippen LogP contribution in [0.2, 0.25) is 0 Å². The van der Waals surface area contributed by atoms with Crippen LogP contribution >= 0.6 is 0 Å². The monoisotopic (exact) mass is 328 g/mol. The van der Waals surface area contributed by atoms with E-state index < -0.39 is 12.7 Å². The van der Waals surface area contributed by atoms with Gasteiger partial charge < -0.3 is 10.1 Å². The number of benzene rings is 1. The molecule has 3 atom stereocenters. The highest BCUT2D eigenvalue weighted by Gasteiger charge is 2.35. The Kier molecular flexibility index (Phi) is 5.24. The SMILES string of the molecule is FC(F)(F)CN1CCC(NCC2CCOC2c2ccccc2)C1. The van der Waals surface area contributed by atoms with E-state index in [1.807, 2.05) is 18.2 Å². The number of alkyl halides is 3. The molecule has 3 unspecified atom stereocenters. The van der Waals surface area contributed by atoms with Crippen LogP contribution in [0.15, 0.2) is 30.3 Å². The first kappa shape index (κ1) is 16.7. The summed E-state index contributed by atoms with van der Waals surface area (Å²) in [6.07, 6.45) is -2.24. The number of hydrogen-bond donors (Lipinski definition) is 1. The summed E-state index contributed by atoms with van der Waals surface area (Å²) in [6.45, 7) is 1.73. The second kappa shape index (κ2) is 7.20. The van der Waals surface area contributed by atoms with Crippen LogP contribution in [0.5, 0.6) is 0 Å². The van der Waals surface area contributed by atoms with Crippen molar-refractivity contribution in [3.05, 3.63) is 35.9 Å². The third-order valence-corrected chi connectivity index (χ3v) is 4.69. The molecule has 0 bridgehead atoms. The van der Waals surface area contributed by atoms with Gasteiger partial charge in [0.15, 0.2) is 0 Å². The van der Waals surface area contributed by atoms with Gasteiger partial charge in [-0.3, -0.25) is 4.90 Å². The molecule has 0 saturated carbocycles. The lowest BCUT2D eigenvalue weighted by Gasteiger charge is -2.22. The maximum absolute atomic E-state index is 12.4. The number of hydrogen-bond acceptors (Lipinski definition) is 3. The fourth-order valence-electron chi connectivity index (χ4n) is 3.57. The van der Waals surface area contributed by atoms with Gasteiger partial charge in [-0.05, 0) is 18.4 Å². The lowest BCUT2D eigenvalue weighted by atomic mass is 9.95. The summed E-state index contributed by atoms with van der Waals surface area (Å²) < 4.78 is 43.1. The van der Waals surface area contributed by atoms with Gasteiger partial charge in [-0.2, -0.15) is 13.2 Å². The van der Waals surface area contributed by atoms with Gasteiger partial charge in [0.25, 0.3) is 0 Å². The molecule has 0 aromatic heterocycles. The summed E-state index contributed by atoms with van der Waals surface area (Å²) in [5.74, 6) is 0.383. The number of halogens is 3. The zero-order chi connectivity index (χ0) is 16.3. The van der Waals surface area contributed by atoms with E-state index >= 15 is 0 Å². The first-order chi connectivity index (χ1) is 11.0. The molecule has 2 fully saturated rings. The molecule has 0 radical (unpaired) electrons. The van der Waals surface area contributed by atoms with Crippen LogP contribution in [0.4, 0.5) is 13.2 Å². The second-order valence-electron chi connectivity index (χ2n) is 6.49. The zero-order valence-corrected chi connectivity index (χ0v) is 13.1. The summed E-state index contributed by atoms with van der Waals surface area (Å²) in [6, 6.07) is 10.3. The Morgan fingerprint density at radius 1 is 1.17 bits per heavy atom. The number of nitrogens with zero attached hydrogens (tertiary/aromatic N) is 1. The van der Waals surface area contributed by atoms with Gasteiger partial charge in [0.2, 0.25) is 0 Å². The molecule has 1 N–H and O–H groups in total. The summed E-state index contributed by atoms with van der Waals surface area (Å²) in [5, 5.41) is 3.45. The Bertz CT molecular complexity index is 494. The first-order valence-electron chi connectivity index (χ1n) is 8.20. The van der Waals surface area contributed by atoms with E-state index in [1.165, 1.54) is 10.5 Å². The third-order valence-electron chi connectivity index (χ3n) is 4.69. The van der Waals surface area contributed by atoms with Gasteiger partial charge >= 0.3 is 6.18 Å². The van der Waals surface area contributed by atoms with E-state index in [1.54, 1.807) is 0 Å². The van der Waals surface area contributed by atoms with Crippen LogP contribution in [-0.4, -0.2) is 49.9 Å². The first-order valence-corrected chi connectivity index (χ1v) is 8.20. The van der Waals surface area contributed by atoms with E-state index in [0.29, 0.717) is 19.0 Å². The topological polar surface area (TPSA) is 24.5 Å². The van der Waals surface area contributed by atoms with E-state index in [-0.39, 0.29) is 12.1 Å². The molecule has 1 aromatic carbocycles. The van der Waals surface area contributed by atoms with Crippen LogP contribution < -0.4 is 5.32 Å². The van der Waals surface area contributed by atoms with Gasteiger partial charge in [-0.15, -0.1) is 0 Å². The molecule has 6 heteroatoms. The number of rotatable bonds is 5. The molecular weight excluding hydrogens is 305 g/mol. The fourth-order valence-corrected chi connectivity index (χ4v) is 3.57. The molecule has 2 aliphatic rings. The third kappa shape index (κ3) is 4.68. The van der Waals surface area contributed by atoms with Crippen molar-refractivity contribution in [2.24, 2.45) is 5.92 Å². The van der Waals surface area contributed by atoms with Gasteiger partial charge in [0, 0.05) is 38.2 Å². The van der Waals surface area contributed by atoms with Crippen molar-refractivity contribution in [3.63, 3.8) is 0 Å². The summed E-state index contributed by atoms with van der Waals surface area (Å²) in [5.41, 5.74) is 1.18. The van der Waals surface area contributed by atoms with Gasteiger partial charge in [-0.1, -0.05) is 30.3 Å². The summed E-state index contributed by atoms with van der Waals surface area (Å²) >= 11 is 0. The maximum Gasteiger partial charge on any atom is 0.401 e. The van der Waals surface area contributed by atoms with Crippen LogP contribution in [0.25, 0.3) is 0 Å². The maximum atomic E-state index is 12.4. The predicted octanol–water partition coefficient (Wildman–Crippen LogP) is 2.99. The lowest BCUT2D eigenvalue weighted by Crippen LogP contribution is -2.38. The van der Waals surface area contributed by atoms with Crippen molar-refractivity contribution < 1.29 is 17.9 Å². The van der Waals surface area contributed by atoms with Crippen LogP contribution in [0.3, 0.4) is 0 Å². The molecule has 0 amide bonds. The Morgan fingerprint density at radius 2 is 1.96 bits per heavy atom. The number of likely N-dealkylation sites (tertiary alicyclic amines) is 1. The summed E-state index contributed by atoms with van der Waals surface area (Å²) in [7, 11) is 0. The minimum Gasteiger partial charge on any atom is -0.373 e. The van der Waals surface area contributed by atoms with E-state index in [4.69, 9.17) is 4.74 Å². The average molecular weight is 328 g/mol. The summed E-state index contributed by atoms with van der Waals surface area (Å²) in [4.78, 5) is 1.48. The van der Waals surface area contributed by atoms with Crippen molar-refractivity contribution in [3.8, 4) is 0 Å². The highest BCUT2D eigenvalue weighted by Crippen LogP contribution is 2.34. The molecule has 2 heterocycles. The van der Waals surface area contributed by atoms with Crippen LogP contribution in [0, 0.1) is 5.92 Å². The van der Waals surface area contributed by atoms with Crippen molar-refractivity contribution in [1.29, 1.82) is 0 Å². The highest BCUT2D eigenvalue weighted by molar-refractivity contribution is 5.19. The fraction of sp³-hybridized carbons (Fsp3) is 0.647. The molecular formula is C17H23F3N2O. The standard InChI is InChI=1S/C17H23F3N2O/c18-17(19,20)12-22-8-6-15(11-22)21-10-14-7-9-23-16(14)13-4-2-1-3-5-13/h1-5,14-16,21H,6-12H2. The minimum atomic E-state index is -4.10. The van der Waals surface area contributed by atoms with Crippen molar-refractivity contribution in [2.45, 2.75) is 31.2 Å². The molecule has 23 heavy (non-hydrogen) atoms. The van der Waals surface area contributed by atoms with Crippen molar-refractivity contribution in [1.82, 2.24) is 10.2 Å². The van der Waals surface area contributed by atoms with Crippen molar-refractivity contribution >= 4 is 0 Å². The molecule has 3 nitrogen and oxygen atoms in total. The molecule has 1 aromatic rings. The molecule has 0 spiro atoms. The van der Waals surface area contributed by atoms with E-state index in [2.05, 4.69) is 17.4 Å². The Hall–Kier alpha value is -1.11. The molecule has 0 aliphatic carbocycles. The van der Waals surface area contributed by atoms with E-state index in [9.17, 15) is 13.2 Å². The quantitative estimate of drug-likeness (QED) is 0.899. The Balaban J connectivity index is 1.47. The van der Waals surface area contributed by atoms with Gasteiger partial charge in [0.05, 0.1) is 12.6 Å². The number of nitrogens with one attached hydrogen (secondary N) is 1. The van der Waals surface area contributed by atoms with E-state index in [0.717, 1.165) is 26.0 Å².